The molecule has 1 unspecified atom stereocenters. The summed E-state index contributed by atoms with van der Waals surface area (Å²) >= 11 is 1.93. The molecule has 0 amide bonds. The van der Waals surface area contributed by atoms with E-state index in [0.29, 0.717) is 0 Å². The van der Waals surface area contributed by atoms with Crippen LogP contribution in [-0.4, -0.2) is 28.7 Å². The normalized spacial score (nSPS) is 24.6. The monoisotopic (exact) mass is 320 g/mol. The Morgan fingerprint density at radius 1 is 1.18 bits per heavy atom. The standard InChI is InChI=1S/C18H24O3S/c19-17(20)18(10-4-1-5-11-18)15-8-2-3-9-16(15)21-14-7-6-12-22-13-14/h2-3,8-9,14H,1,4-7,10-13H2,(H,19,20). The molecule has 1 aromatic rings. The van der Waals surface area contributed by atoms with Gasteiger partial charge in [0.1, 0.15) is 11.9 Å². The third-order valence-electron chi connectivity index (χ3n) is 4.93. The Kier molecular flexibility index (Phi) is 4.97. The lowest BCUT2D eigenvalue weighted by molar-refractivity contribution is -0.145. The number of benzene rings is 1. The summed E-state index contributed by atoms with van der Waals surface area (Å²) in [6.07, 6.45) is 7.03. The molecule has 120 valence electrons. The van der Waals surface area contributed by atoms with Gasteiger partial charge in [-0.1, -0.05) is 37.5 Å². The first-order chi connectivity index (χ1) is 10.7. The number of aliphatic carboxylic acids is 1. The molecular weight excluding hydrogens is 296 g/mol. The lowest BCUT2D eigenvalue weighted by Gasteiger charge is -2.35. The molecule has 4 heteroatoms. The second-order valence-corrected chi connectivity index (χ2v) is 7.55. The molecule has 2 aliphatic rings. The van der Waals surface area contributed by atoms with Gasteiger partial charge in [0, 0.05) is 11.3 Å². The molecule has 3 nitrogen and oxygen atoms in total. The van der Waals surface area contributed by atoms with Crippen LogP contribution in [0.4, 0.5) is 0 Å². The predicted octanol–water partition coefficient (Wildman–Crippen LogP) is 4.25. The largest absolute Gasteiger partial charge is 0.489 e. The fourth-order valence-electron chi connectivity index (χ4n) is 3.70. The van der Waals surface area contributed by atoms with Gasteiger partial charge >= 0.3 is 5.97 Å². The van der Waals surface area contributed by atoms with Crippen LogP contribution in [0.2, 0.25) is 0 Å². The van der Waals surface area contributed by atoms with E-state index in [9.17, 15) is 9.90 Å². The summed E-state index contributed by atoms with van der Waals surface area (Å²) in [4.78, 5) is 12.1. The highest BCUT2D eigenvalue weighted by atomic mass is 32.2. The van der Waals surface area contributed by atoms with Crippen molar-refractivity contribution in [3.05, 3.63) is 29.8 Å². The highest BCUT2D eigenvalue weighted by Gasteiger charge is 2.43. The van der Waals surface area contributed by atoms with E-state index in [4.69, 9.17) is 4.74 Å². The van der Waals surface area contributed by atoms with Gasteiger partial charge in [-0.3, -0.25) is 4.79 Å². The summed E-state index contributed by atoms with van der Waals surface area (Å²) in [6.45, 7) is 0. The fourth-order valence-corrected chi connectivity index (χ4v) is 4.74. The van der Waals surface area contributed by atoms with Crippen LogP contribution in [0.25, 0.3) is 0 Å². The molecule has 1 N–H and O–H groups in total. The number of hydrogen-bond acceptors (Lipinski definition) is 3. The summed E-state index contributed by atoms with van der Waals surface area (Å²) in [5.74, 6) is 2.31. The van der Waals surface area contributed by atoms with Crippen LogP contribution in [0, 0.1) is 0 Å². The quantitative estimate of drug-likeness (QED) is 0.901. The van der Waals surface area contributed by atoms with Gasteiger partial charge in [0.25, 0.3) is 0 Å². The Morgan fingerprint density at radius 3 is 2.64 bits per heavy atom. The van der Waals surface area contributed by atoms with Crippen LogP contribution in [0.15, 0.2) is 24.3 Å². The Hall–Kier alpha value is -1.16. The Morgan fingerprint density at radius 2 is 1.95 bits per heavy atom. The minimum atomic E-state index is -0.753. The topological polar surface area (TPSA) is 46.5 Å². The minimum Gasteiger partial charge on any atom is -0.489 e. The number of para-hydroxylation sites is 1. The highest BCUT2D eigenvalue weighted by Crippen LogP contribution is 2.44. The van der Waals surface area contributed by atoms with Gasteiger partial charge in [0.15, 0.2) is 0 Å². The van der Waals surface area contributed by atoms with E-state index in [-0.39, 0.29) is 6.10 Å². The number of rotatable bonds is 4. The maximum absolute atomic E-state index is 12.1. The van der Waals surface area contributed by atoms with E-state index in [1.165, 1.54) is 12.2 Å². The zero-order valence-electron chi connectivity index (χ0n) is 12.9. The molecule has 1 saturated heterocycles. The van der Waals surface area contributed by atoms with Gasteiger partial charge in [0.05, 0.1) is 5.41 Å². The van der Waals surface area contributed by atoms with Gasteiger partial charge in [-0.15, -0.1) is 0 Å². The average molecular weight is 320 g/mol. The summed E-state index contributed by atoms with van der Waals surface area (Å²) in [5.41, 5.74) is 0.134. The molecule has 0 aromatic heterocycles. The second kappa shape index (κ2) is 6.95. The van der Waals surface area contributed by atoms with E-state index in [2.05, 4.69) is 0 Å². The highest BCUT2D eigenvalue weighted by molar-refractivity contribution is 7.99. The fraction of sp³-hybridized carbons (Fsp3) is 0.611. The van der Waals surface area contributed by atoms with Crippen LogP contribution in [0.1, 0.15) is 50.5 Å². The number of carbonyl (C=O) groups is 1. The van der Waals surface area contributed by atoms with Crippen molar-refractivity contribution in [2.75, 3.05) is 11.5 Å². The molecule has 2 fully saturated rings. The molecule has 1 saturated carbocycles. The van der Waals surface area contributed by atoms with Crippen molar-refractivity contribution < 1.29 is 14.6 Å². The van der Waals surface area contributed by atoms with Crippen molar-refractivity contribution in [3.63, 3.8) is 0 Å². The smallest absolute Gasteiger partial charge is 0.314 e. The molecule has 1 aliphatic carbocycles. The van der Waals surface area contributed by atoms with Crippen molar-refractivity contribution in [1.29, 1.82) is 0 Å². The maximum Gasteiger partial charge on any atom is 0.314 e. The first-order valence-corrected chi connectivity index (χ1v) is 9.45. The van der Waals surface area contributed by atoms with E-state index < -0.39 is 11.4 Å². The van der Waals surface area contributed by atoms with Crippen molar-refractivity contribution in [2.45, 2.75) is 56.5 Å². The lowest BCUT2D eigenvalue weighted by Crippen LogP contribution is -2.38. The number of carboxylic acids is 1. The summed E-state index contributed by atoms with van der Waals surface area (Å²) in [7, 11) is 0. The van der Waals surface area contributed by atoms with E-state index in [1.807, 2.05) is 36.0 Å². The van der Waals surface area contributed by atoms with Gasteiger partial charge in [-0.25, -0.2) is 0 Å². The minimum absolute atomic E-state index is 0.217. The van der Waals surface area contributed by atoms with Gasteiger partial charge in [-0.05, 0) is 37.5 Å². The summed E-state index contributed by atoms with van der Waals surface area (Å²) < 4.78 is 6.23. The summed E-state index contributed by atoms with van der Waals surface area (Å²) in [6, 6.07) is 7.81. The molecule has 1 aromatic carbocycles. The van der Waals surface area contributed by atoms with Gasteiger partial charge < -0.3 is 9.84 Å². The van der Waals surface area contributed by atoms with Crippen LogP contribution < -0.4 is 4.74 Å². The molecule has 1 aliphatic heterocycles. The number of thioether (sulfide) groups is 1. The average Bonchev–Trinajstić information content (AvgIpc) is 2.57. The van der Waals surface area contributed by atoms with Crippen molar-refractivity contribution in [1.82, 2.24) is 0 Å². The van der Waals surface area contributed by atoms with Crippen LogP contribution in [0.5, 0.6) is 5.75 Å². The Balaban J connectivity index is 1.90. The predicted molar refractivity (Wildman–Crippen MR) is 89.8 cm³/mol. The second-order valence-electron chi connectivity index (χ2n) is 6.40. The third kappa shape index (κ3) is 3.12. The SMILES string of the molecule is O=C(O)C1(c2ccccc2OC2CCCSC2)CCCCC1. The van der Waals surface area contributed by atoms with E-state index in [0.717, 1.165) is 55.6 Å². The van der Waals surface area contributed by atoms with Crippen molar-refractivity contribution >= 4 is 17.7 Å². The van der Waals surface area contributed by atoms with Crippen molar-refractivity contribution in [2.24, 2.45) is 0 Å². The molecule has 1 atom stereocenters. The molecule has 1 heterocycles. The molecule has 22 heavy (non-hydrogen) atoms. The van der Waals surface area contributed by atoms with Gasteiger partial charge in [0.2, 0.25) is 0 Å². The molecule has 3 rings (SSSR count). The number of ether oxygens (including phenoxy) is 1. The van der Waals surface area contributed by atoms with E-state index >= 15 is 0 Å². The van der Waals surface area contributed by atoms with Crippen LogP contribution >= 0.6 is 11.8 Å². The third-order valence-corrected chi connectivity index (χ3v) is 6.12. The first-order valence-electron chi connectivity index (χ1n) is 8.30. The molecule has 0 radical (unpaired) electrons. The van der Waals surface area contributed by atoms with Crippen molar-refractivity contribution in [3.8, 4) is 5.75 Å². The van der Waals surface area contributed by atoms with Gasteiger partial charge in [-0.2, -0.15) is 11.8 Å². The summed E-state index contributed by atoms with van der Waals surface area (Å²) in [5, 5.41) is 9.91. The van der Waals surface area contributed by atoms with Crippen LogP contribution in [-0.2, 0) is 10.2 Å². The molecular formula is C18H24O3S. The Bertz CT molecular complexity index is 517. The lowest BCUT2D eigenvalue weighted by atomic mass is 9.69. The zero-order valence-corrected chi connectivity index (χ0v) is 13.7. The number of hydrogen-bond donors (Lipinski definition) is 1. The molecule has 0 bridgehead atoms. The zero-order chi connectivity index (χ0) is 15.4. The molecule has 0 spiro atoms. The maximum atomic E-state index is 12.1. The van der Waals surface area contributed by atoms with E-state index in [1.54, 1.807) is 0 Å². The van der Waals surface area contributed by atoms with Crippen LogP contribution in [0.3, 0.4) is 0 Å². The number of carboxylic acid groups (broad SMARTS) is 1. The Labute approximate surface area is 136 Å². The first kappa shape index (κ1) is 15.7.